The molecule has 0 amide bonds. The zero-order valence-electron chi connectivity index (χ0n) is 18.7. The van der Waals surface area contributed by atoms with Crippen LogP contribution in [0.1, 0.15) is 5.56 Å². The average Bonchev–Trinajstić information content (AvgIpc) is 3.16. The van der Waals surface area contributed by atoms with Gasteiger partial charge < -0.3 is 23.8 Å². The van der Waals surface area contributed by atoms with Crippen molar-refractivity contribution in [1.82, 2.24) is 19.5 Å². The van der Waals surface area contributed by atoms with E-state index < -0.39 is 24.4 Å². The van der Waals surface area contributed by atoms with Crippen molar-refractivity contribution >= 4 is 22.9 Å². The van der Waals surface area contributed by atoms with Gasteiger partial charge in [-0.2, -0.15) is 23.1 Å². The third-order valence-corrected chi connectivity index (χ3v) is 5.58. The van der Waals surface area contributed by atoms with E-state index in [1.807, 2.05) is 4.90 Å². The molecule has 0 atom stereocenters. The number of anilines is 2. The monoisotopic (exact) mass is 486 g/mol. The van der Waals surface area contributed by atoms with Crippen LogP contribution in [0.3, 0.4) is 0 Å². The van der Waals surface area contributed by atoms with Gasteiger partial charge in [0.25, 0.3) is 0 Å². The van der Waals surface area contributed by atoms with Gasteiger partial charge in [0.1, 0.15) is 5.52 Å². The Morgan fingerprint density at radius 1 is 1.18 bits per heavy atom. The topological polar surface area (TPSA) is 68.5 Å². The zero-order chi connectivity index (χ0) is 24.6. The summed E-state index contributed by atoms with van der Waals surface area (Å²) in [5.41, 5.74) is 1.11. The van der Waals surface area contributed by atoms with Crippen LogP contribution in [0.2, 0.25) is 0 Å². The van der Waals surface area contributed by atoms with Crippen LogP contribution in [0.15, 0.2) is 18.5 Å². The second kappa shape index (κ2) is 9.20. The van der Waals surface area contributed by atoms with E-state index in [0.29, 0.717) is 30.1 Å². The number of fused-ring (bicyclic) bond motifs is 1. The molecule has 0 spiro atoms. The molecule has 34 heavy (non-hydrogen) atoms. The minimum atomic E-state index is -3.79. The number of methoxy groups -OCH3 is 1. The Kier molecular flexibility index (Phi) is 6.47. The number of aromatic nitrogens is 4. The number of hydrogen-bond acceptors (Lipinski definition) is 7. The molecule has 1 fully saturated rings. The Labute approximate surface area is 191 Å². The van der Waals surface area contributed by atoms with Crippen molar-refractivity contribution < 1.29 is 31.4 Å². The summed E-state index contributed by atoms with van der Waals surface area (Å²) in [6, 6.07) is 2.76. The Morgan fingerprint density at radius 2 is 1.91 bits per heavy atom. The number of benzene rings is 1. The lowest BCUT2D eigenvalue weighted by Gasteiger charge is -2.40. The summed E-state index contributed by atoms with van der Waals surface area (Å²) in [5.74, 6) is -1.79. The molecule has 0 N–H and O–H groups in total. The van der Waals surface area contributed by atoms with Crippen LogP contribution in [0.5, 0.6) is 5.75 Å². The lowest BCUT2D eigenvalue weighted by molar-refractivity contribution is -0.252. The molecule has 1 aliphatic heterocycles. The van der Waals surface area contributed by atoms with Crippen LogP contribution in [-0.2, 0) is 18.3 Å². The largest absolute Gasteiger partial charge is 0.494 e. The molecule has 0 bridgehead atoms. The minimum Gasteiger partial charge on any atom is -0.494 e. The molecule has 0 unspecified atom stereocenters. The molecular formula is C21H23F5N6O2. The molecule has 1 aliphatic rings. The molecular weight excluding hydrogens is 463 g/mol. The first-order chi connectivity index (χ1) is 16.1. The van der Waals surface area contributed by atoms with Crippen molar-refractivity contribution in [2.24, 2.45) is 13.0 Å². The molecule has 3 aromatic rings. The number of imidazole rings is 1. The summed E-state index contributed by atoms with van der Waals surface area (Å²) in [5, 5.41) is 0. The normalized spacial score (nSPS) is 14.5. The second-order valence-corrected chi connectivity index (χ2v) is 8.14. The molecule has 0 saturated carbocycles. The number of halogens is 5. The summed E-state index contributed by atoms with van der Waals surface area (Å²) in [4.78, 5) is 16.7. The first-order valence-corrected chi connectivity index (χ1v) is 10.4. The van der Waals surface area contributed by atoms with E-state index >= 15 is 0 Å². The Bertz CT molecular complexity index is 1180. The third kappa shape index (κ3) is 4.56. The van der Waals surface area contributed by atoms with E-state index in [2.05, 4.69) is 19.7 Å². The van der Waals surface area contributed by atoms with Gasteiger partial charge in [0.15, 0.2) is 29.7 Å². The lowest BCUT2D eigenvalue weighted by Crippen LogP contribution is -2.50. The summed E-state index contributed by atoms with van der Waals surface area (Å²) >= 11 is 0. The Balaban J connectivity index is 1.55. The van der Waals surface area contributed by atoms with Crippen LogP contribution >= 0.6 is 0 Å². The van der Waals surface area contributed by atoms with Gasteiger partial charge in [0.2, 0.25) is 11.8 Å². The van der Waals surface area contributed by atoms with Gasteiger partial charge in [-0.25, -0.2) is 13.8 Å². The van der Waals surface area contributed by atoms with Gasteiger partial charge in [-0.1, -0.05) is 6.07 Å². The van der Waals surface area contributed by atoms with Crippen molar-refractivity contribution in [1.29, 1.82) is 0 Å². The first kappa shape index (κ1) is 23.9. The quantitative estimate of drug-likeness (QED) is 0.430. The van der Waals surface area contributed by atoms with Crippen molar-refractivity contribution in [3.63, 3.8) is 0 Å². The highest BCUT2D eigenvalue weighted by Crippen LogP contribution is 2.32. The summed E-state index contributed by atoms with van der Waals surface area (Å²) < 4.78 is 77.7. The van der Waals surface area contributed by atoms with Crippen molar-refractivity contribution in [3.05, 3.63) is 35.7 Å². The van der Waals surface area contributed by atoms with E-state index in [1.165, 1.54) is 19.2 Å². The van der Waals surface area contributed by atoms with Crippen LogP contribution in [0.25, 0.3) is 11.2 Å². The van der Waals surface area contributed by atoms with Crippen LogP contribution < -0.4 is 14.5 Å². The highest BCUT2D eigenvalue weighted by atomic mass is 19.3. The Morgan fingerprint density at radius 3 is 2.59 bits per heavy atom. The number of rotatable bonds is 9. The number of hydrogen-bond donors (Lipinski definition) is 0. The van der Waals surface area contributed by atoms with Crippen LogP contribution in [-0.4, -0.2) is 66.2 Å². The molecule has 0 radical (unpaired) electrons. The smallest absolute Gasteiger partial charge is 0.384 e. The van der Waals surface area contributed by atoms with E-state index in [-0.39, 0.29) is 36.3 Å². The van der Waals surface area contributed by atoms with Gasteiger partial charge >= 0.3 is 6.11 Å². The predicted molar refractivity (Wildman–Crippen MR) is 114 cm³/mol. The predicted octanol–water partition coefficient (Wildman–Crippen LogP) is 3.30. The molecule has 184 valence electrons. The van der Waals surface area contributed by atoms with Crippen molar-refractivity contribution in [2.75, 3.05) is 50.3 Å². The third-order valence-electron chi connectivity index (χ3n) is 5.58. The number of alkyl halides is 3. The van der Waals surface area contributed by atoms with Crippen LogP contribution in [0, 0.1) is 17.6 Å². The fourth-order valence-corrected chi connectivity index (χ4v) is 3.72. The second-order valence-electron chi connectivity index (χ2n) is 8.14. The van der Waals surface area contributed by atoms with Crippen molar-refractivity contribution in [3.8, 4) is 5.75 Å². The fourth-order valence-electron chi connectivity index (χ4n) is 3.72. The average molecular weight is 486 g/mol. The van der Waals surface area contributed by atoms with E-state index in [9.17, 15) is 22.0 Å². The molecule has 2 aromatic heterocycles. The lowest BCUT2D eigenvalue weighted by atomic mass is 10.0. The van der Waals surface area contributed by atoms with Gasteiger partial charge in [0.05, 0.1) is 20.0 Å². The number of nitrogens with zero attached hydrogens (tertiary/aromatic N) is 6. The van der Waals surface area contributed by atoms with Crippen molar-refractivity contribution in [2.45, 2.75) is 12.7 Å². The maximum atomic E-state index is 14.4. The molecule has 1 saturated heterocycles. The Hall–Kier alpha value is -3.22. The summed E-state index contributed by atoms with van der Waals surface area (Å²) in [7, 11) is 4.64. The maximum absolute atomic E-state index is 14.4. The molecule has 4 rings (SSSR count). The van der Waals surface area contributed by atoms with Gasteiger partial charge in [0, 0.05) is 45.2 Å². The highest BCUT2D eigenvalue weighted by molar-refractivity contribution is 5.85. The standard InChI is InChI=1S/C21H23F5N6O2/c1-30(8-13-4-5-14(33-3)16(24)15(13)23)20-28-18-17(31(2)11-27-18)19(29-20)32-6-12(7-32)9-34-21(25,26)10-22/h4-5,11-12H,6-10H2,1-3H3. The van der Waals surface area contributed by atoms with Gasteiger partial charge in [-0.15, -0.1) is 0 Å². The highest BCUT2D eigenvalue weighted by Gasteiger charge is 2.36. The van der Waals surface area contributed by atoms with E-state index in [1.54, 1.807) is 29.9 Å². The molecule has 1 aromatic carbocycles. The van der Waals surface area contributed by atoms with Gasteiger partial charge in [-0.05, 0) is 6.07 Å². The maximum Gasteiger partial charge on any atom is 0.384 e. The van der Waals surface area contributed by atoms with Crippen LogP contribution in [0.4, 0.5) is 33.7 Å². The molecule has 8 nitrogen and oxygen atoms in total. The fraction of sp³-hybridized carbons (Fsp3) is 0.476. The number of aryl methyl sites for hydroxylation is 1. The number of ether oxygens (including phenoxy) is 2. The molecule has 3 heterocycles. The minimum absolute atomic E-state index is 0.0285. The summed E-state index contributed by atoms with van der Waals surface area (Å²) in [6.07, 6.45) is -2.23. The SMILES string of the molecule is COc1ccc(CN(C)c2nc(N3CC(COC(F)(F)CF)C3)c3c(ncn3C)n2)c(F)c1F. The zero-order valence-corrected chi connectivity index (χ0v) is 18.7. The van der Waals surface area contributed by atoms with E-state index in [0.717, 1.165) is 0 Å². The first-order valence-electron chi connectivity index (χ1n) is 10.4. The van der Waals surface area contributed by atoms with Gasteiger partial charge in [-0.3, -0.25) is 0 Å². The molecule has 0 aliphatic carbocycles. The summed E-state index contributed by atoms with van der Waals surface area (Å²) in [6.45, 7) is -1.47. The van der Waals surface area contributed by atoms with E-state index in [4.69, 9.17) is 4.74 Å². The molecule has 13 heteroatoms.